The molecule has 0 spiro atoms. The van der Waals surface area contributed by atoms with Crippen LogP contribution in [0.15, 0.2) is 27.6 Å². The summed E-state index contributed by atoms with van der Waals surface area (Å²) in [5.41, 5.74) is 6.19. The minimum absolute atomic E-state index is 0.239. The second-order valence-corrected chi connectivity index (χ2v) is 8.30. The van der Waals surface area contributed by atoms with Crippen LogP contribution in [-0.4, -0.2) is 15.0 Å². The van der Waals surface area contributed by atoms with Crippen LogP contribution in [0.5, 0.6) is 0 Å². The number of benzene rings is 1. The van der Waals surface area contributed by atoms with E-state index in [4.69, 9.17) is 5.73 Å². The molecule has 0 saturated heterocycles. The average molecular weight is 377 g/mol. The second kappa shape index (κ2) is 8.76. The normalized spacial score (nSPS) is 12.0. The Bertz CT molecular complexity index is 545. The van der Waals surface area contributed by atoms with E-state index in [1.54, 1.807) is 6.07 Å². The molecule has 0 heterocycles. The molecule has 21 heavy (non-hydrogen) atoms. The molecule has 0 amide bonds. The molecule has 0 atom stereocenters. The van der Waals surface area contributed by atoms with Crippen molar-refractivity contribution in [3.63, 3.8) is 0 Å². The van der Waals surface area contributed by atoms with Gasteiger partial charge in [-0.15, -0.1) is 0 Å². The van der Waals surface area contributed by atoms with Gasteiger partial charge in [-0.2, -0.15) is 0 Å². The van der Waals surface area contributed by atoms with Crippen molar-refractivity contribution in [3.05, 3.63) is 22.7 Å². The molecule has 0 aliphatic rings. The Labute approximate surface area is 136 Å². The van der Waals surface area contributed by atoms with Crippen molar-refractivity contribution in [1.29, 1.82) is 0 Å². The summed E-state index contributed by atoms with van der Waals surface area (Å²) in [6.45, 7) is 4.92. The molecule has 1 rings (SSSR count). The van der Waals surface area contributed by atoms with Gasteiger partial charge < -0.3 is 5.73 Å². The molecule has 3 N–H and O–H groups in total. The molecule has 6 heteroatoms. The standard InChI is InChI=1S/C15H25BrN2O2S/c1-12(2)7-5-3-4-6-10-18-21(19,20)13-8-9-15(17)14(16)11-13/h8-9,11-12,18H,3-7,10,17H2,1-2H3. The number of hydrogen-bond acceptors (Lipinski definition) is 3. The highest BCUT2D eigenvalue weighted by molar-refractivity contribution is 9.10. The zero-order valence-corrected chi connectivity index (χ0v) is 15.1. The van der Waals surface area contributed by atoms with Gasteiger partial charge in [-0.05, 0) is 46.5 Å². The Balaban J connectivity index is 2.35. The molecule has 0 unspecified atom stereocenters. The fourth-order valence-corrected chi connectivity index (χ4v) is 3.63. The van der Waals surface area contributed by atoms with Crippen molar-refractivity contribution >= 4 is 31.6 Å². The smallest absolute Gasteiger partial charge is 0.240 e. The van der Waals surface area contributed by atoms with Crippen molar-refractivity contribution in [2.75, 3.05) is 12.3 Å². The van der Waals surface area contributed by atoms with Crippen molar-refractivity contribution < 1.29 is 8.42 Å². The van der Waals surface area contributed by atoms with Crippen LogP contribution >= 0.6 is 15.9 Å². The second-order valence-electron chi connectivity index (χ2n) is 5.68. The molecular formula is C15H25BrN2O2S. The maximum absolute atomic E-state index is 12.1. The number of nitrogen functional groups attached to an aromatic ring is 1. The summed E-state index contributed by atoms with van der Waals surface area (Å²) >= 11 is 3.24. The van der Waals surface area contributed by atoms with Gasteiger partial charge in [0.1, 0.15) is 0 Å². The lowest BCUT2D eigenvalue weighted by Crippen LogP contribution is -2.24. The number of nitrogens with one attached hydrogen (secondary N) is 1. The summed E-state index contributed by atoms with van der Waals surface area (Å²) in [6, 6.07) is 4.63. The Morgan fingerprint density at radius 3 is 2.48 bits per heavy atom. The average Bonchev–Trinajstić information content (AvgIpc) is 2.40. The van der Waals surface area contributed by atoms with E-state index in [2.05, 4.69) is 34.5 Å². The Morgan fingerprint density at radius 2 is 1.86 bits per heavy atom. The number of halogens is 1. The quantitative estimate of drug-likeness (QED) is 0.506. The molecule has 0 aromatic heterocycles. The maximum Gasteiger partial charge on any atom is 0.240 e. The Hall–Kier alpha value is -0.590. The highest BCUT2D eigenvalue weighted by atomic mass is 79.9. The first-order chi connectivity index (χ1) is 9.83. The first-order valence-electron chi connectivity index (χ1n) is 7.37. The van der Waals surface area contributed by atoms with Crippen LogP contribution in [0.3, 0.4) is 0 Å². The number of sulfonamides is 1. The van der Waals surface area contributed by atoms with Gasteiger partial charge in [0, 0.05) is 16.7 Å². The minimum atomic E-state index is -3.44. The third kappa shape index (κ3) is 6.80. The number of anilines is 1. The van der Waals surface area contributed by atoms with Crippen LogP contribution in [0.4, 0.5) is 5.69 Å². The van der Waals surface area contributed by atoms with Crippen molar-refractivity contribution in [2.24, 2.45) is 5.92 Å². The van der Waals surface area contributed by atoms with E-state index >= 15 is 0 Å². The predicted octanol–water partition coefficient (Wildman–Crippen LogP) is 3.92. The summed E-state index contributed by atoms with van der Waals surface area (Å²) in [4.78, 5) is 0.239. The molecule has 4 nitrogen and oxygen atoms in total. The predicted molar refractivity (Wildman–Crippen MR) is 91.7 cm³/mol. The molecular weight excluding hydrogens is 352 g/mol. The topological polar surface area (TPSA) is 72.2 Å². The zero-order chi connectivity index (χ0) is 15.9. The number of unbranched alkanes of at least 4 members (excludes halogenated alkanes) is 3. The third-order valence-corrected chi connectivity index (χ3v) is 5.43. The van der Waals surface area contributed by atoms with Crippen LogP contribution in [0.2, 0.25) is 0 Å². The third-order valence-electron chi connectivity index (χ3n) is 3.28. The van der Waals surface area contributed by atoms with Crippen LogP contribution in [0.25, 0.3) is 0 Å². The first kappa shape index (κ1) is 18.5. The summed E-state index contributed by atoms with van der Waals surface area (Å²) in [6.07, 6.45) is 5.54. The highest BCUT2D eigenvalue weighted by Crippen LogP contribution is 2.22. The summed E-state index contributed by atoms with van der Waals surface area (Å²) in [5, 5.41) is 0. The van der Waals surface area contributed by atoms with Crippen LogP contribution < -0.4 is 10.5 Å². The van der Waals surface area contributed by atoms with E-state index in [1.807, 2.05) is 0 Å². The van der Waals surface area contributed by atoms with Gasteiger partial charge in [0.25, 0.3) is 0 Å². The van der Waals surface area contributed by atoms with Gasteiger partial charge in [-0.25, -0.2) is 13.1 Å². The van der Waals surface area contributed by atoms with Gasteiger partial charge in [0.15, 0.2) is 0 Å². The SMILES string of the molecule is CC(C)CCCCCCNS(=O)(=O)c1ccc(N)c(Br)c1. The molecule has 120 valence electrons. The van der Waals surface area contributed by atoms with Crippen molar-refractivity contribution in [2.45, 2.75) is 50.8 Å². The Kier molecular flexibility index (Phi) is 7.70. The molecule has 0 aliphatic carbocycles. The van der Waals surface area contributed by atoms with Crippen LogP contribution in [-0.2, 0) is 10.0 Å². The van der Waals surface area contributed by atoms with Gasteiger partial charge in [0.05, 0.1) is 4.90 Å². The lowest BCUT2D eigenvalue weighted by atomic mass is 10.0. The molecule has 0 bridgehead atoms. The number of nitrogens with two attached hydrogens (primary N) is 1. The van der Waals surface area contributed by atoms with E-state index in [0.29, 0.717) is 16.7 Å². The Morgan fingerprint density at radius 1 is 1.19 bits per heavy atom. The summed E-state index contributed by atoms with van der Waals surface area (Å²) < 4.78 is 27.4. The largest absolute Gasteiger partial charge is 0.398 e. The lowest BCUT2D eigenvalue weighted by molar-refractivity contribution is 0.517. The zero-order valence-electron chi connectivity index (χ0n) is 12.7. The number of hydrogen-bond donors (Lipinski definition) is 2. The van der Waals surface area contributed by atoms with E-state index in [-0.39, 0.29) is 4.90 Å². The first-order valence-corrected chi connectivity index (χ1v) is 9.65. The summed E-state index contributed by atoms with van der Waals surface area (Å²) in [5.74, 6) is 0.743. The highest BCUT2D eigenvalue weighted by Gasteiger charge is 2.14. The van der Waals surface area contributed by atoms with Crippen LogP contribution in [0, 0.1) is 5.92 Å². The summed E-state index contributed by atoms with van der Waals surface area (Å²) in [7, 11) is -3.44. The van der Waals surface area contributed by atoms with Gasteiger partial charge in [-0.3, -0.25) is 0 Å². The minimum Gasteiger partial charge on any atom is -0.398 e. The van der Waals surface area contributed by atoms with E-state index in [1.165, 1.54) is 25.0 Å². The molecule has 0 radical (unpaired) electrons. The van der Waals surface area contributed by atoms with E-state index < -0.39 is 10.0 Å². The molecule has 1 aromatic carbocycles. The molecule has 0 fully saturated rings. The fraction of sp³-hybridized carbons (Fsp3) is 0.600. The van der Waals surface area contributed by atoms with E-state index in [0.717, 1.165) is 25.2 Å². The van der Waals surface area contributed by atoms with Gasteiger partial charge in [-0.1, -0.05) is 39.5 Å². The molecule has 0 aliphatic heterocycles. The van der Waals surface area contributed by atoms with Gasteiger partial charge >= 0.3 is 0 Å². The van der Waals surface area contributed by atoms with Crippen LogP contribution in [0.1, 0.15) is 46.0 Å². The van der Waals surface area contributed by atoms with Gasteiger partial charge in [0.2, 0.25) is 10.0 Å². The number of rotatable bonds is 9. The fourth-order valence-electron chi connectivity index (χ4n) is 2.00. The maximum atomic E-state index is 12.1. The monoisotopic (exact) mass is 376 g/mol. The molecule has 0 saturated carbocycles. The van der Waals surface area contributed by atoms with E-state index in [9.17, 15) is 8.42 Å². The van der Waals surface area contributed by atoms with Crippen molar-refractivity contribution in [3.8, 4) is 0 Å². The lowest BCUT2D eigenvalue weighted by Gasteiger charge is -2.08. The van der Waals surface area contributed by atoms with Crippen molar-refractivity contribution in [1.82, 2.24) is 4.72 Å². The molecule has 1 aromatic rings.